The normalized spacial score (nSPS) is 10.9. The van der Waals surface area contributed by atoms with E-state index in [-0.39, 0.29) is 0 Å². The van der Waals surface area contributed by atoms with Gasteiger partial charge < -0.3 is 4.90 Å². The van der Waals surface area contributed by atoms with Crippen molar-refractivity contribution in [2.24, 2.45) is 0 Å². The van der Waals surface area contributed by atoms with Gasteiger partial charge in [0.1, 0.15) is 5.82 Å². The molecule has 0 saturated carbocycles. The van der Waals surface area contributed by atoms with Gasteiger partial charge in [0, 0.05) is 30.6 Å². The molecule has 1 heterocycles. The lowest BCUT2D eigenvalue weighted by Gasteiger charge is -2.23. The SMILES string of the molecule is CCCCN(CC)c1ncc(CCl)c2ccccc12. The van der Waals surface area contributed by atoms with Gasteiger partial charge >= 0.3 is 0 Å². The molecule has 2 nitrogen and oxygen atoms in total. The first-order chi connectivity index (χ1) is 9.31. The molecule has 2 rings (SSSR count). The summed E-state index contributed by atoms with van der Waals surface area (Å²) in [6.45, 7) is 6.44. The molecule has 1 aromatic heterocycles. The molecule has 0 unspecified atom stereocenters. The highest BCUT2D eigenvalue weighted by Gasteiger charge is 2.11. The van der Waals surface area contributed by atoms with Gasteiger partial charge in [-0.3, -0.25) is 0 Å². The second-order valence-corrected chi connectivity index (χ2v) is 4.99. The Morgan fingerprint density at radius 1 is 1.16 bits per heavy atom. The molecule has 0 aliphatic rings. The molecule has 3 heteroatoms. The Balaban J connectivity index is 2.48. The van der Waals surface area contributed by atoms with Crippen LogP contribution in [0.2, 0.25) is 0 Å². The van der Waals surface area contributed by atoms with Gasteiger partial charge in [0.2, 0.25) is 0 Å². The van der Waals surface area contributed by atoms with Crippen LogP contribution in [0.5, 0.6) is 0 Å². The number of hydrogen-bond donors (Lipinski definition) is 0. The molecule has 0 aliphatic carbocycles. The van der Waals surface area contributed by atoms with Crippen LogP contribution in [-0.2, 0) is 5.88 Å². The zero-order valence-corrected chi connectivity index (χ0v) is 12.5. The molecule has 0 fully saturated rings. The zero-order chi connectivity index (χ0) is 13.7. The first kappa shape index (κ1) is 14.1. The first-order valence-electron chi connectivity index (χ1n) is 6.99. The minimum Gasteiger partial charge on any atom is -0.356 e. The Hall–Kier alpha value is -1.28. The largest absolute Gasteiger partial charge is 0.356 e. The molecule has 0 amide bonds. The Morgan fingerprint density at radius 2 is 1.89 bits per heavy atom. The third kappa shape index (κ3) is 3.01. The fourth-order valence-corrected chi connectivity index (χ4v) is 2.57. The summed E-state index contributed by atoms with van der Waals surface area (Å²) in [7, 11) is 0. The van der Waals surface area contributed by atoms with Crippen LogP contribution in [0.3, 0.4) is 0 Å². The number of pyridine rings is 1. The molecule has 0 atom stereocenters. The molecule has 0 saturated heterocycles. The summed E-state index contributed by atoms with van der Waals surface area (Å²) in [6.07, 6.45) is 4.31. The van der Waals surface area contributed by atoms with Crippen molar-refractivity contribution in [3.63, 3.8) is 0 Å². The predicted octanol–water partition coefficient (Wildman–Crippen LogP) is 4.60. The highest BCUT2D eigenvalue weighted by atomic mass is 35.5. The number of hydrogen-bond acceptors (Lipinski definition) is 2. The number of aromatic nitrogens is 1. The van der Waals surface area contributed by atoms with E-state index in [9.17, 15) is 0 Å². The standard InChI is InChI=1S/C16H21ClN2/c1-3-5-10-19(4-2)16-15-9-7-6-8-14(15)13(11-17)12-18-16/h6-9,12H,3-5,10-11H2,1-2H3. The highest BCUT2D eigenvalue weighted by molar-refractivity contribution is 6.18. The summed E-state index contributed by atoms with van der Waals surface area (Å²) in [6, 6.07) is 8.40. The maximum absolute atomic E-state index is 6.00. The summed E-state index contributed by atoms with van der Waals surface area (Å²) in [4.78, 5) is 6.99. The summed E-state index contributed by atoms with van der Waals surface area (Å²) >= 11 is 6.00. The van der Waals surface area contributed by atoms with Gasteiger partial charge in [0.25, 0.3) is 0 Å². The highest BCUT2D eigenvalue weighted by Crippen LogP contribution is 2.28. The summed E-state index contributed by atoms with van der Waals surface area (Å²) in [5, 5.41) is 2.43. The van der Waals surface area contributed by atoms with Crippen LogP contribution in [0.4, 0.5) is 5.82 Å². The maximum atomic E-state index is 6.00. The van der Waals surface area contributed by atoms with Crippen LogP contribution >= 0.6 is 11.6 Å². The molecule has 19 heavy (non-hydrogen) atoms. The van der Waals surface area contributed by atoms with Crippen molar-refractivity contribution in [1.29, 1.82) is 0 Å². The Morgan fingerprint density at radius 3 is 2.53 bits per heavy atom. The second-order valence-electron chi connectivity index (χ2n) is 4.72. The van der Waals surface area contributed by atoms with Crippen LogP contribution in [0.1, 0.15) is 32.3 Å². The number of fused-ring (bicyclic) bond motifs is 1. The first-order valence-corrected chi connectivity index (χ1v) is 7.52. The summed E-state index contributed by atoms with van der Waals surface area (Å²) in [5.74, 6) is 1.59. The third-order valence-corrected chi connectivity index (χ3v) is 3.75. The summed E-state index contributed by atoms with van der Waals surface area (Å²) < 4.78 is 0. The molecular weight excluding hydrogens is 256 g/mol. The van der Waals surface area contributed by atoms with E-state index in [1.807, 2.05) is 6.20 Å². The fourth-order valence-electron chi connectivity index (χ4n) is 2.36. The molecule has 0 aliphatic heterocycles. The molecule has 102 valence electrons. The lowest BCUT2D eigenvalue weighted by Crippen LogP contribution is -2.25. The quantitative estimate of drug-likeness (QED) is 0.717. The molecule has 0 spiro atoms. The van der Waals surface area contributed by atoms with Gasteiger partial charge in [-0.25, -0.2) is 4.98 Å². The van der Waals surface area contributed by atoms with E-state index in [4.69, 9.17) is 11.6 Å². The van der Waals surface area contributed by atoms with Crippen molar-refractivity contribution in [3.05, 3.63) is 36.0 Å². The van der Waals surface area contributed by atoms with E-state index >= 15 is 0 Å². The number of alkyl halides is 1. The molecule has 0 bridgehead atoms. The van der Waals surface area contributed by atoms with Gasteiger partial charge in [0.05, 0.1) is 0 Å². The Labute approximate surface area is 120 Å². The zero-order valence-electron chi connectivity index (χ0n) is 11.7. The van der Waals surface area contributed by atoms with Gasteiger partial charge in [-0.2, -0.15) is 0 Å². The van der Waals surface area contributed by atoms with Crippen molar-refractivity contribution in [1.82, 2.24) is 4.98 Å². The minimum atomic E-state index is 0.509. The number of anilines is 1. The lowest BCUT2D eigenvalue weighted by atomic mass is 10.1. The van der Waals surface area contributed by atoms with Crippen LogP contribution in [0.25, 0.3) is 10.8 Å². The molecule has 0 N–H and O–H groups in total. The lowest BCUT2D eigenvalue weighted by molar-refractivity contribution is 0.726. The van der Waals surface area contributed by atoms with Crippen molar-refractivity contribution in [3.8, 4) is 0 Å². The van der Waals surface area contributed by atoms with Crippen molar-refractivity contribution in [2.75, 3.05) is 18.0 Å². The smallest absolute Gasteiger partial charge is 0.136 e. The Bertz CT molecular complexity index is 539. The molecule has 1 aromatic carbocycles. The minimum absolute atomic E-state index is 0.509. The van der Waals surface area contributed by atoms with E-state index in [0.717, 1.165) is 24.5 Å². The van der Waals surface area contributed by atoms with Crippen LogP contribution < -0.4 is 4.90 Å². The number of benzene rings is 1. The molecule has 0 radical (unpaired) electrons. The number of nitrogens with zero attached hydrogens (tertiary/aromatic N) is 2. The van der Waals surface area contributed by atoms with E-state index in [1.165, 1.54) is 23.6 Å². The maximum Gasteiger partial charge on any atom is 0.136 e. The van der Waals surface area contributed by atoms with E-state index < -0.39 is 0 Å². The average molecular weight is 277 g/mol. The van der Waals surface area contributed by atoms with Gasteiger partial charge in [-0.15, -0.1) is 11.6 Å². The Kier molecular flexibility index (Phi) is 5.03. The van der Waals surface area contributed by atoms with E-state index in [1.54, 1.807) is 0 Å². The van der Waals surface area contributed by atoms with Crippen LogP contribution in [0.15, 0.2) is 30.5 Å². The van der Waals surface area contributed by atoms with E-state index in [2.05, 4.69) is 48.0 Å². The number of unbranched alkanes of at least 4 members (excludes halogenated alkanes) is 1. The van der Waals surface area contributed by atoms with Crippen molar-refractivity contribution < 1.29 is 0 Å². The van der Waals surface area contributed by atoms with Crippen molar-refractivity contribution >= 4 is 28.2 Å². The molecule has 2 aromatic rings. The van der Waals surface area contributed by atoms with Crippen LogP contribution in [-0.4, -0.2) is 18.1 Å². The summed E-state index contributed by atoms with van der Waals surface area (Å²) in [5.41, 5.74) is 1.10. The van der Waals surface area contributed by atoms with E-state index in [0.29, 0.717) is 5.88 Å². The van der Waals surface area contributed by atoms with Gasteiger partial charge in [-0.1, -0.05) is 37.6 Å². The fraction of sp³-hybridized carbons (Fsp3) is 0.438. The number of rotatable bonds is 6. The van der Waals surface area contributed by atoms with Crippen molar-refractivity contribution in [2.45, 2.75) is 32.6 Å². The monoisotopic (exact) mass is 276 g/mol. The second kappa shape index (κ2) is 6.76. The average Bonchev–Trinajstić information content (AvgIpc) is 2.48. The number of halogens is 1. The third-order valence-electron chi connectivity index (χ3n) is 3.46. The van der Waals surface area contributed by atoms with Gasteiger partial charge in [0.15, 0.2) is 0 Å². The molecular formula is C16H21ClN2. The van der Waals surface area contributed by atoms with Crippen LogP contribution in [0, 0.1) is 0 Å². The van der Waals surface area contributed by atoms with Gasteiger partial charge in [-0.05, 0) is 24.3 Å². The topological polar surface area (TPSA) is 16.1 Å². The predicted molar refractivity (Wildman–Crippen MR) is 84.1 cm³/mol.